The van der Waals surface area contributed by atoms with Crippen molar-refractivity contribution in [1.82, 2.24) is 10.2 Å². The average molecular weight is 254 g/mol. The molecule has 3 nitrogen and oxygen atoms in total. The summed E-state index contributed by atoms with van der Waals surface area (Å²) in [6, 6.07) is 0.559. The van der Waals surface area contributed by atoms with Gasteiger partial charge in [0.2, 0.25) is 5.91 Å². The van der Waals surface area contributed by atoms with E-state index in [0.29, 0.717) is 18.4 Å². The van der Waals surface area contributed by atoms with Crippen molar-refractivity contribution >= 4 is 5.91 Å². The van der Waals surface area contributed by atoms with Gasteiger partial charge >= 0.3 is 0 Å². The zero-order chi connectivity index (χ0) is 14.0. The lowest BCUT2D eigenvalue weighted by Gasteiger charge is -2.37. The molecule has 0 saturated carbocycles. The van der Waals surface area contributed by atoms with Crippen LogP contribution in [0.4, 0.5) is 0 Å². The number of hydrogen-bond acceptors (Lipinski definition) is 2. The van der Waals surface area contributed by atoms with E-state index in [1.165, 1.54) is 0 Å². The van der Waals surface area contributed by atoms with Crippen LogP contribution in [0.3, 0.4) is 0 Å². The third-order valence-electron chi connectivity index (χ3n) is 3.17. The van der Waals surface area contributed by atoms with E-state index >= 15 is 0 Å². The summed E-state index contributed by atoms with van der Waals surface area (Å²) < 4.78 is 0. The van der Waals surface area contributed by atoms with E-state index in [2.05, 4.69) is 46.9 Å². The summed E-state index contributed by atoms with van der Waals surface area (Å²) in [7, 11) is 0. The van der Waals surface area contributed by atoms with E-state index in [-0.39, 0.29) is 11.0 Å². The quantitative estimate of drug-likeness (QED) is 0.822. The first kappa shape index (κ1) is 15.5. The van der Waals surface area contributed by atoms with Gasteiger partial charge in [-0.3, -0.25) is 4.79 Å². The third-order valence-corrected chi connectivity index (χ3v) is 3.17. The molecule has 1 N–H and O–H groups in total. The smallest absolute Gasteiger partial charge is 0.223 e. The van der Waals surface area contributed by atoms with Crippen LogP contribution in [0, 0.1) is 5.41 Å². The summed E-state index contributed by atoms with van der Waals surface area (Å²) in [5.74, 6) is 0.316. The average Bonchev–Trinajstić information content (AvgIpc) is 2.13. The first-order chi connectivity index (χ1) is 8.07. The highest BCUT2D eigenvalue weighted by molar-refractivity contribution is 5.76. The Morgan fingerprint density at radius 1 is 1.11 bits per heavy atom. The Hall–Kier alpha value is -0.570. The topological polar surface area (TPSA) is 32.3 Å². The lowest BCUT2D eigenvalue weighted by Crippen LogP contribution is -2.50. The van der Waals surface area contributed by atoms with Gasteiger partial charge in [0, 0.05) is 31.1 Å². The molecule has 0 aromatic heterocycles. The van der Waals surface area contributed by atoms with Crippen molar-refractivity contribution in [2.45, 2.75) is 72.4 Å². The number of rotatable bonds is 2. The number of likely N-dealkylation sites (tertiary alicyclic amines) is 1. The van der Waals surface area contributed by atoms with E-state index in [9.17, 15) is 4.79 Å². The van der Waals surface area contributed by atoms with Gasteiger partial charge in [-0.05, 0) is 39.0 Å². The van der Waals surface area contributed by atoms with Gasteiger partial charge in [0.05, 0.1) is 0 Å². The Labute approximate surface area is 112 Å². The molecule has 1 heterocycles. The molecular formula is C15H30N2O. The van der Waals surface area contributed by atoms with Crippen LogP contribution in [0.15, 0.2) is 0 Å². The van der Waals surface area contributed by atoms with Gasteiger partial charge in [0.15, 0.2) is 0 Å². The molecule has 3 heteroatoms. The second-order valence-electron chi connectivity index (χ2n) is 7.79. The van der Waals surface area contributed by atoms with Gasteiger partial charge in [-0.25, -0.2) is 0 Å². The van der Waals surface area contributed by atoms with Crippen molar-refractivity contribution in [1.29, 1.82) is 0 Å². The molecule has 0 atom stereocenters. The molecule has 0 spiro atoms. The Morgan fingerprint density at radius 2 is 1.61 bits per heavy atom. The third kappa shape index (κ3) is 5.85. The highest BCUT2D eigenvalue weighted by atomic mass is 16.2. The second kappa shape index (κ2) is 5.60. The molecule has 0 radical (unpaired) electrons. The first-order valence-corrected chi connectivity index (χ1v) is 7.12. The SMILES string of the molecule is CC(C)(C)CC(=O)N1CCC(NC(C)(C)C)CC1. The summed E-state index contributed by atoms with van der Waals surface area (Å²) in [5, 5.41) is 3.63. The Kier molecular flexibility index (Phi) is 4.82. The van der Waals surface area contributed by atoms with Crippen molar-refractivity contribution in [3.8, 4) is 0 Å². The minimum absolute atomic E-state index is 0.0948. The maximum atomic E-state index is 12.1. The lowest BCUT2D eigenvalue weighted by molar-refractivity contribution is -0.134. The van der Waals surface area contributed by atoms with Gasteiger partial charge < -0.3 is 10.2 Å². The number of nitrogens with zero attached hydrogens (tertiary/aromatic N) is 1. The summed E-state index contributed by atoms with van der Waals surface area (Å²) >= 11 is 0. The largest absolute Gasteiger partial charge is 0.343 e. The lowest BCUT2D eigenvalue weighted by atomic mass is 9.91. The van der Waals surface area contributed by atoms with Crippen molar-refractivity contribution in [3.05, 3.63) is 0 Å². The highest BCUT2D eigenvalue weighted by Gasteiger charge is 2.27. The molecule has 0 bridgehead atoms. The Bertz CT molecular complexity index is 278. The normalized spacial score (nSPS) is 19.1. The van der Waals surface area contributed by atoms with Crippen molar-refractivity contribution in [2.24, 2.45) is 5.41 Å². The summed E-state index contributed by atoms with van der Waals surface area (Å²) in [6.07, 6.45) is 2.81. The minimum atomic E-state index is 0.0948. The monoisotopic (exact) mass is 254 g/mol. The van der Waals surface area contributed by atoms with E-state index in [1.807, 2.05) is 4.90 Å². The van der Waals surface area contributed by atoms with Crippen LogP contribution in [-0.2, 0) is 4.79 Å². The predicted octanol–water partition coefficient (Wildman–Crippen LogP) is 2.80. The van der Waals surface area contributed by atoms with Crippen LogP contribution in [0.2, 0.25) is 0 Å². The summed E-state index contributed by atoms with van der Waals surface area (Å²) in [4.78, 5) is 14.1. The van der Waals surface area contributed by atoms with Crippen LogP contribution in [-0.4, -0.2) is 35.5 Å². The van der Waals surface area contributed by atoms with Crippen LogP contribution < -0.4 is 5.32 Å². The number of amides is 1. The maximum absolute atomic E-state index is 12.1. The Morgan fingerprint density at radius 3 is 2.00 bits per heavy atom. The van der Waals surface area contributed by atoms with Gasteiger partial charge in [0.25, 0.3) is 0 Å². The van der Waals surface area contributed by atoms with Gasteiger partial charge in [-0.1, -0.05) is 20.8 Å². The fraction of sp³-hybridized carbons (Fsp3) is 0.933. The maximum Gasteiger partial charge on any atom is 0.223 e. The molecule has 0 aromatic rings. The van der Waals surface area contributed by atoms with Crippen molar-refractivity contribution in [2.75, 3.05) is 13.1 Å². The van der Waals surface area contributed by atoms with E-state index < -0.39 is 0 Å². The Balaban J connectivity index is 2.37. The molecule has 0 aromatic carbocycles. The van der Waals surface area contributed by atoms with Crippen LogP contribution in [0.5, 0.6) is 0 Å². The molecule has 0 unspecified atom stereocenters. The number of piperidine rings is 1. The molecule has 18 heavy (non-hydrogen) atoms. The number of carbonyl (C=O) groups excluding carboxylic acids is 1. The number of hydrogen-bond donors (Lipinski definition) is 1. The molecule has 106 valence electrons. The molecule has 0 aliphatic carbocycles. The van der Waals surface area contributed by atoms with Gasteiger partial charge in [0.1, 0.15) is 0 Å². The molecule has 1 amide bonds. The summed E-state index contributed by atoms with van der Waals surface area (Å²) in [6.45, 7) is 14.8. The predicted molar refractivity (Wildman–Crippen MR) is 76.6 cm³/mol. The highest BCUT2D eigenvalue weighted by Crippen LogP contribution is 2.22. The standard InChI is InChI=1S/C15H30N2O/c1-14(2,3)11-13(18)17-9-7-12(8-10-17)16-15(4,5)6/h12,16H,7-11H2,1-6H3. The van der Waals surface area contributed by atoms with Gasteiger partial charge in [-0.15, -0.1) is 0 Å². The molecule has 1 aliphatic heterocycles. The van der Waals surface area contributed by atoms with E-state index in [4.69, 9.17) is 0 Å². The van der Waals surface area contributed by atoms with Gasteiger partial charge in [-0.2, -0.15) is 0 Å². The van der Waals surface area contributed by atoms with Crippen molar-refractivity contribution in [3.63, 3.8) is 0 Å². The first-order valence-electron chi connectivity index (χ1n) is 7.12. The summed E-state index contributed by atoms with van der Waals surface area (Å²) in [5.41, 5.74) is 0.264. The zero-order valence-corrected chi connectivity index (χ0v) is 13.0. The van der Waals surface area contributed by atoms with E-state index in [1.54, 1.807) is 0 Å². The van der Waals surface area contributed by atoms with Crippen LogP contribution in [0.25, 0.3) is 0 Å². The molecule has 1 saturated heterocycles. The fourth-order valence-electron chi connectivity index (χ4n) is 2.45. The fourth-order valence-corrected chi connectivity index (χ4v) is 2.45. The second-order valence-corrected chi connectivity index (χ2v) is 7.79. The molecular weight excluding hydrogens is 224 g/mol. The van der Waals surface area contributed by atoms with E-state index in [0.717, 1.165) is 25.9 Å². The van der Waals surface area contributed by atoms with Crippen LogP contribution >= 0.6 is 0 Å². The molecule has 1 rings (SSSR count). The minimum Gasteiger partial charge on any atom is -0.343 e. The number of nitrogens with one attached hydrogen (secondary N) is 1. The molecule has 1 aliphatic rings. The number of carbonyl (C=O) groups is 1. The zero-order valence-electron chi connectivity index (χ0n) is 13.0. The van der Waals surface area contributed by atoms with Crippen molar-refractivity contribution < 1.29 is 4.79 Å². The van der Waals surface area contributed by atoms with Crippen LogP contribution in [0.1, 0.15) is 60.8 Å². The molecule has 1 fully saturated rings.